The van der Waals surface area contributed by atoms with E-state index in [0.29, 0.717) is 0 Å². The van der Waals surface area contributed by atoms with Crippen molar-refractivity contribution in [3.8, 4) is 0 Å². The Morgan fingerprint density at radius 1 is 1.41 bits per heavy atom. The number of sulfone groups is 1. The lowest BCUT2D eigenvalue weighted by Crippen LogP contribution is -2.31. The Balaban J connectivity index is 2.36. The molecule has 0 saturated heterocycles. The van der Waals surface area contributed by atoms with E-state index in [0.717, 1.165) is 0 Å². The molecule has 3 N–H and O–H groups in total. The molecule has 0 radical (unpaired) electrons. The molecule has 0 aliphatic heterocycles. The van der Waals surface area contributed by atoms with Crippen LogP contribution >= 0.6 is 0 Å². The summed E-state index contributed by atoms with van der Waals surface area (Å²) in [7, 11) is -3.59. The van der Waals surface area contributed by atoms with Crippen LogP contribution in [0.4, 0.5) is 0 Å². The van der Waals surface area contributed by atoms with Gasteiger partial charge in [-0.3, -0.25) is 4.79 Å². The largest absolute Gasteiger partial charge is 0.481 e. The summed E-state index contributed by atoms with van der Waals surface area (Å²) in [6.45, 7) is -0.154. The minimum atomic E-state index is -3.59. The van der Waals surface area contributed by atoms with Gasteiger partial charge in [-0.25, -0.2) is 8.42 Å². The number of aliphatic carboxylic acids is 1. The number of benzene rings is 1. The van der Waals surface area contributed by atoms with E-state index in [4.69, 9.17) is 10.8 Å². The Morgan fingerprint density at radius 3 is 2.41 bits per heavy atom. The Bertz CT molecular complexity index is 540. The highest BCUT2D eigenvalue weighted by Gasteiger charge is 2.66. The molecule has 0 heterocycles. The van der Waals surface area contributed by atoms with Crippen molar-refractivity contribution >= 4 is 15.8 Å². The number of rotatable bonds is 4. The van der Waals surface area contributed by atoms with Crippen molar-refractivity contribution in [3.63, 3.8) is 0 Å². The molecule has 5 nitrogen and oxygen atoms in total. The fourth-order valence-electron chi connectivity index (χ4n) is 1.98. The van der Waals surface area contributed by atoms with Crippen LogP contribution in [0.1, 0.15) is 6.42 Å². The monoisotopic (exact) mass is 255 g/mol. The van der Waals surface area contributed by atoms with Crippen LogP contribution in [-0.2, 0) is 14.6 Å². The molecule has 6 heteroatoms. The number of carbonyl (C=O) groups is 1. The molecule has 0 amide bonds. The van der Waals surface area contributed by atoms with Crippen molar-refractivity contribution in [3.05, 3.63) is 30.3 Å². The van der Waals surface area contributed by atoms with Crippen molar-refractivity contribution in [2.24, 2.45) is 11.1 Å². The number of carboxylic acid groups (broad SMARTS) is 1. The summed E-state index contributed by atoms with van der Waals surface area (Å²) in [6.07, 6.45) is 0.0933. The average molecular weight is 255 g/mol. The minimum absolute atomic E-state index is 0.0933. The van der Waals surface area contributed by atoms with E-state index in [2.05, 4.69) is 0 Å². The highest BCUT2D eigenvalue weighted by atomic mass is 32.2. The summed E-state index contributed by atoms with van der Waals surface area (Å²) in [5.74, 6) is -1.13. The van der Waals surface area contributed by atoms with Crippen LogP contribution in [0.3, 0.4) is 0 Å². The minimum Gasteiger partial charge on any atom is -0.481 e. The number of hydrogen-bond acceptors (Lipinski definition) is 4. The van der Waals surface area contributed by atoms with Crippen molar-refractivity contribution in [2.75, 3.05) is 6.54 Å². The lowest BCUT2D eigenvalue weighted by atomic mass is 10.1. The van der Waals surface area contributed by atoms with Crippen LogP contribution in [0.5, 0.6) is 0 Å². The summed E-state index contributed by atoms with van der Waals surface area (Å²) < 4.78 is 24.3. The quantitative estimate of drug-likeness (QED) is 0.804. The van der Waals surface area contributed by atoms with E-state index in [9.17, 15) is 13.2 Å². The fraction of sp³-hybridized carbons (Fsp3) is 0.364. The molecule has 1 fully saturated rings. The summed E-state index contributed by atoms with van der Waals surface area (Å²) >= 11 is 0. The molecule has 1 aliphatic carbocycles. The van der Waals surface area contributed by atoms with Gasteiger partial charge in [0.1, 0.15) is 0 Å². The summed E-state index contributed by atoms with van der Waals surface area (Å²) in [4.78, 5) is 11.2. The van der Waals surface area contributed by atoms with Crippen molar-refractivity contribution in [2.45, 2.75) is 16.6 Å². The summed E-state index contributed by atoms with van der Waals surface area (Å²) in [6, 6.07) is 7.87. The third-order valence-electron chi connectivity index (χ3n) is 3.24. The molecule has 1 saturated carbocycles. The Hall–Kier alpha value is -1.40. The predicted molar refractivity (Wildman–Crippen MR) is 61.2 cm³/mol. The van der Waals surface area contributed by atoms with Gasteiger partial charge in [-0.15, -0.1) is 0 Å². The van der Waals surface area contributed by atoms with Gasteiger partial charge in [-0.05, 0) is 18.6 Å². The molecule has 1 aromatic rings. The van der Waals surface area contributed by atoms with Crippen molar-refractivity contribution < 1.29 is 18.3 Å². The normalized spacial score (nSPS) is 27.7. The van der Waals surface area contributed by atoms with Gasteiger partial charge in [0.15, 0.2) is 9.84 Å². The first kappa shape index (κ1) is 12.1. The van der Waals surface area contributed by atoms with E-state index in [1.165, 1.54) is 12.1 Å². The second-order valence-electron chi connectivity index (χ2n) is 4.22. The summed E-state index contributed by atoms with van der Waals surface area (Å²) in [5, 5.41) is 8.14. The SMILES string of the molecule is NC[C@]1(C(=O)O)C[C@H]1S(=O)(=O)c1ccccc1. The smallest absolute Gasteiger partial charge is 0.312 e. The lowest BCUT2D eigenvalue weighted by Gasteiger charge is -2.09. The lowest BCUT2D eigenvalue weighted by molar-refractivity contribution is -0.142. The van der Waals surface area contributed by atoms with Gasteiger partial charge in [0, 0.05) is 6.54 Å². The van der Waals surface area contributed by atoms with E-state index in [1.54, 1.807) is 18.2 Å². The van der Waals surface area contributed by atoms with E-state index in [-0.39, 0.29) is 17.9 Å². The molecular weight excluding hydrogens is 242 g/mol. The predicted octanol–water partition coefficient (Wildman–Crippen LogP) is 0.262. The van der Waals surface area contributed by atoms with Gasteiger partial charge >= 0.3 is 5.97 Å². The average Bonchev–Trinajstić information content (AvgIpc) is 3.07. The zero-order valence-corrected chi connectivity index (χ0v) is 9.85. The molecule has 2 rings (SSSR count). The van der Waals surface area contributed by atoms with Gasteiger partial charge in [-0.2, -0.15) is 0 Å². The second-order valence-corrected chi connectivity index (χ2v) is 6.35. The van der Waals surface area contributed by atoms with E-state index < -0.39 is 26.5 Å². The molecule has 92 valence electrons. The van der Waals surface area contributed by atoms with Crippen LogP contribution < -0.4 is 5.73 Å². The molecule has 1 aromatic carbocycles. The highest BCUT2D eigenvalue weighted by molar-refractivity contribution is 7.92. The first-order chi connectivity index (χ1) is 7.95. The van der Waals surface area contributed by atoms with Gasteiger partial charge in [0.25, 0.3) is 0 Å². The van der Waals surface area contributed by atoms with Crippen molar-refractivity contribution in [1.82, 2.24) is 0 Å². The molecular formula is C11H13NO4S. The Morgan fingerprint density at radius 2 is 2.00 bits per heavy atom. The molecule has 2 atom stereocenters. The van der Waals surface area contributed by atoms with Gasteiger partial charge < -0.3 is 10.8 Å². The maximum Gasteiger partial charge on any atom is 0.312 e. The second kappa shape index (κ2) is 3.82. The van der Waals surface area contributed by atoms with Crippen LogP contribution in [0.15, 0.2) is 35.2 Å². The first-order valence-corrected chi connectivity index (χ1v) is 6.72. The maximum atomic E-state index is 12.2. The van der Waals surface area contributed by atoms with Crippen LogP contribution in [0, 0.1) is 5.41 Å². The molecule has 0 bridgehead atoms. The van der Waals surface area contributed by atoms with Gasteiger partial charge in [-0.1, -0.05) is 18.2 Å². The van der Waals surface area contributed by atoms with E-state index in [1.807, 2.05) is 0 Å². The molecule has 17 heavy (non-hydrogen) atoms. The Labute approximate surface area is 99.2 Å². The van der Waals surface area contributed by atoms with Crippen LogP contribution in [-0.4, -0.2) is 31.3 Å². The zero-order chi connectivity index (χ0) is 12.7. The molecule has 1 aliphatic rings. The van der Waals surface area contributed by atoms with Crippen LogP contribution in [0.25, 0.3) is 0 Å². The third kappa shape index (κ3) is 1.73. The summed E-state index contributed by atoms with van der Waals surface area (Å²) in [5.41, 5.74) is 4.09. The topological polar surface area (TPSA) is 97.5 Å². The van der Waals surface area contributed by atoms with Gasteiger partial charge in [0.2, 0.25) is 0 Å². The Kier molecular flexibility index (Phi) is 2.71. The van der Waals surface area contributed by atoms with Gasteiger partial charge in [0.05, 0.1) is 15.6 Å². The number of hydrogen-bond donors (Lipinski definition) is 2. The van der Waals surface area contributed by atoms with Crippen molar-refractivity contribution in [1.29, 1.82) is 0 Å². The highest BCUT2D eigenvalue weighted by Crippen LogP contribution is 2.51. The first-order valence-electron chi connectivity index (χ1n) is 5.17. The van der Waals surface area contributed by atoms with Crippen LogP contribution in [0.2, 0.25) is 0 Å². The third-order valence-corrected chi connectivity index (χ3v) is 5.54. The zero-order valence-electron chi connectivity index (χ0n) is 9.04. The standard InChI is InChI=1S/C11H13NO4S/c12-7-11(10(13)14)6-9(11)17(15,16)8-4-2-1-3-5-8/h1-5,9H,6-7,12H2,(H,13,14)/t9-,11-/m1/s1. The number of nitrogens with two attached hydrogens (primary N) is 1. The molecule has 0 spiro atoms. The molecule has 0 unspecified atom stereocenters. The maximum absolute atomic E-state index is 12.2. The number of carboxylic acids is 1. The molecule has 0 aromatic heterocycles. The van der Waals surface area contributed by atoms with E-state index >= 15 is 0 Å². The fourth-order valence-corrected chi connectivity index (χ4v) is 4.15.